The van der Waals surface area contributed by atoms with Crippen LogP contribution in [0.2, 0.25) is 0 Å². The molecule has 0 aliphatic heterocycles. The van der Waals surface area contributed by atoms with E-state index in [0.717, 1.165) is 29.8 Å². The lowest BCUT2D eigenvalue weighted by Crippen LogP contribution is -2.10. The van der Waals surface area contributed by atoms with E-state index >= 15 is 0 Å². The topological polar surface area (TPSA) is 73.8 Å². The van der Waals surface area contributed by atoms with Gasteiger partial charge < -0.3 is 5.73 Å². The molecule has 1 aliphatic rings. The van der Waals surface area contributed by atoms with Crippen molar-refractivity contribution >= 4 is 22.5 Å². The molecule has 5 heteroatoms. The van der Waals surface area contributed by atoms with E-state index in [2.05, 4.69) is 21.9 Å². The maximum atomic E-state index is 12.5. The van der Waals surface area contributed by atoms with E-state index in [0.29, 0.717) is 29.9 Å². The van der Waals surface area contributed by atoms with Crippen LogP contribution in [-0.4, -0.2) is 20.5 Å². The second kappa shape index (κ2) is 6.41. The Bertz CT molecular complexity index is 806. The van der Waals surface area contributed by atoms with E-state index in [4.69, 9.17) is 5.73 Å². The molecular formula is C18H22N4O. The highest BCUT2D eigenvalue weighted by Gasteiger charge is 2.24. The van der Waals surface area contributed by atoms with Gasteiger partial charge in [0.25, 0.3) is 0 Å². The average Bonchev–Trinajstić information content (AvgIpc) is 3.27. The molecular weight excluding hydrogens is 288 g/mol. The Hall–Kier alpha value is -2.35. The summed E-state index contributed by atoms with van der Waals surface area (Å²) in [6.07, 6.45) is 6.46. The fourth-order valence-corrected chi connectivity index (χ4v) is 2.90. The van der Waals surface area contributed by atoms with E-state index in [9.17, 15) is 4.79 Å². The molecule has 3 rings (SSSR count). The number of hydrogen-bond acceptors (Lipinski definition) is 4. The van der Waals surface area contributed by atoms with Gasteiger partial charge in [-0.3, -0.25) is 4.79 Å². The summed E-state index contributed by atoms with van der Waals surface area (Å²) in [5.41, 5.74) is 8.79. The molecule has 5 nitrogen and oxygen atoms in total. The van der Waals surface area contributed by atoms with Crippen LogP contribution in [0.25, 0.3) is 11.0 Å². The van der Waals surface area contributed by atoms with E-state index in [1.54, 1.807) is 6.20 Å². The molecule has 0 amide bonds. The Labute approximate surface area is 136 Å². The van der Waals surface area contributed by atoms with E-state index in [1.807, 2.05) is 18.5 Å². The minimum absolute atomic E-state index is 0.103. The largest absolute Gasteiger partial charge is 0.397 e. The Kier molecular flexibility index (Phi) is 4.33. The number of pyridine rings is 1. The first-order valence-electron chi connectivity index (χ1n) is 8.16. The molecule has 0 aromatic carbocycles. The van der Waals surface area contributed by atoms with Crippen LogP contribution in [0.1, 0.15) is 55.1 Å². The van der Waals surface area contributed by atoms with Crippen molar-refractivity contribution < 1.29 is 4.79 Å². The number of nitrogens with zero attached hydrogens (tertiary/aromatic N) is 3. The second-order valence-electron chi connectivity index (χ2n) is 6.17. The van der Waals surface area contributed by atoms with Crippen molar-refractivity contribution in [1.82, 2.24) is 14.8 Å². The van der Waals surface area contributed by atoms with Gasteiger partial charge in [-0.25, -0.2) is 9.67 Å². The number of fused-ring (bicyclic) bond motifs is 1. The van der Waals surface area contributed by atoms with Crippen molar-refractivity contribution in [2.45, 2.75) is 52.5 Å². The highest BCUT2D eigenvalue weighted by atomic mass is 16.1. The standard InChI is InChI=1S/C18H22N4O/c1-3-4-5-10-22-18-14(11-20-22)17(19)16(12(2)21-18)15(23)9-8-13-6-7-13/h11,13H,5-10H2,1-2H3,(H2,19,21). The normalized spacial score (nSPS) is 13.8. The van der Waals surface area contributed by atoms with Gasteiger partial charge in [-0.15, -0.1) is 11.8 Å². The summed E-state index contributed by atoms with van der Waals surface area (Å²) >= 11 is 0. The molecule has 1 fully saturated rings. The first-order chi connectivity index (χ1) is 11.1. The summed E-state index contributed by atoms with van der Waals surface area (Å²) in [6, 6.07) is 0. The molecule has 2 N–H and O–H groups in total. The molecule has 2 aromatic rings. The van der Waals surface area contributed by atoms with Crippen molar-refractivity contribution in [2.24, 2.45) is 5.92 Å². The van der Waals surface area contributed by atoms with Gasteiger partial charge in [-0.1, -0.05) is 12.8 Å². The summed E-state index contributed by atoms with van der Waals surface area (Å²) in [4.78, 5) is 17.1. The van der Waals surface area contributed by atoms with Crippen LogP contribution < -0.4 is 5.73 Å². The molecule has 0 atom stereocenters. The molecule has 0 spiro atoms. The van der Waals surface area contributed by atoms with Gasteiger partial charge in [-0.05, 0) is 26.2 Å². The van der Waals surface area contributed by atoms with Gasteiger partial charge in [-0.2, -0.15) is 5.10 Å². The molecule has 0 unspecified atom stereocenters. The first-order valence-corrected chi connectivity index (χ1v) is 8.16. The van der Waals surface area contributed by atoms with Crippen molar-refractivity contribution in [3.8, 4) is 11.8 Å². The van der Waals surface area contributed by atoms with Crippen molar-refractivity contribution in [3.63, 3.8) is 0 Å². The summed E-state index contributed by atoms with van der Waals surface area (Å²) in [7, 11) is 0. The quantitative estimate of drug-likeness (QED) is 0.657. The minimum Gasteiger partial charge on any atom is -0.397 e. The fourth-order valence-electron chi connectivity index (χ4n) is 2.90. The zero-order valence-corrected chi connectivity index (χ0v) is 13.7. The molecule has 23 heavy (non-hydrogen) atoms. The molecule has 2 heterocycles. The van der Waals surface area contributed by atoms with Crippen molar-refractivity contribution in [2.75, 3.05) is 5.73 Å². The number of ketones is 1. The van der Waals surface area contributed by atoms with Gasteiger partial charge in [0.05, 0.1) is 35.1 Å². The smallest absolute Gasteiger partial charge is 0.166 e. The maximum Gasteiger partial charge on any atom is 0.166 e. The lowest BCUT2D eigenvalue weighted by atomic mass is 10.0. The van der Waals surface area contributed by atoms with Crippen molar-refractivity contribution in [1.29, 1.82) is 0 Å². The van der Waals surface area contributed by atoms with Crippen LogP contribution in [0.15, 0.2) is 6.20 Å². The van der Waals surface area contributed by atoms with Gasteiger partial charge >= 0.3 is 0 Å². The minimum atomic E-state index is 0.103. The lowest BCUT2D eigenvalue weighted by Gasteiger charge is -2.10. The highest BCUT2D eigenvalue weighted by molar-refractivity contribution is 6.07. The molecule has 1 aliphatic carbocycles. The van der Waals surface area contributed by atoms with Gasteiger partial charge in [0.1, 0.15) is 0 Å². The number of anilines is 1. The number of aromatic nitrogens is 3. The molecule has 0 saturated heterocycles. The molecule has 0 radical (unpaired) electrons. The summed E-state index contributed by atoms with van der Waals surface area (Å²) in [5, 5.41) is 5.11. The van der Waals surface area contributed by atoms with Crippen LogP contribution in [0.5, 0.6) is 0 Å². The number of carbonyl (C=O) groups excluding carboxylic acids is 1. The highest BCUT2D eigenvalue weighted by Crippen LogP contribution is 2.35. The van der Waals surface area contributed by atoms with Gasteiger partial charge in [0, 0.05) is 12.8 Å². The zero-order chi connectivity index (χ0) is 16.4. The number of Topliss-reactive ketones (excluding diaryl/α,β-unsaturated/α-hetero) is 1. The fraction of sp³-hybridized carbons (Fsp3) is 0.500. The third kappa shape index (κ3) is 3.21. The summed E-state index contributed by atoms with van der Waals surface area (Å²) in [6.45, 7) is 4.34. The molecule has 2 aromatic heterocycles. The number of carbonyl (C=O) groups is 1. The number of nitrogen functional groups attached to an aromatic ring is 1. The summed E-state index contributed by atoms with van der Waals surface area (Å²) < 4.78 is 1.81. The van der Waals surface area contributed by atoms with Crippen LogP contribution in [-0.2, 0) is 6.54 Å². The SMILES string of the molecule is CC#CCCn1ncc2c(N)c(C(=O)CCC3CC3)c(C)nc21. The number of rotatable bonds is 6. The number of aryl methyl sites for hydroxylation is 2. The Morgan fingerprint density at radius 1 is 1.48 bits per heavy atom. The average molecular weight is 310 g/mol. The Morgan fingerprint density at radius 2 is 2.26 bits per heavy atom. The summed E-state index contributed by atoms with van der Waals surface area (Å²) in [5.74, 6) is 6.73. The van der Waals surface area contributed by atoms with Gasteiger partial charge in [0.2, 0.25) is 0 Å². The van der Waals surface area contributed by atoms with Crippen LogP contribution in [0.3, 0.4) is 0 Å². The third-order valence-corrected chi connectivity index (χ3v) is 4.39. The van der Waals surface area contributed by atoms with E-state index in [-0.39, 0.29) is 5.78 Å². The van der Waals surface area contributed by atoms with Crippen LogP contribution in [0.4, 0.5) is 5.69 Å². The number of hydrogen-bond donors (Lipinski definition) is 1. The van der Waals surface area contributed by atoms with Crippen LogP contribution >= 0.6 is 0 Å². The predicted molar refractivity (Wildman–Crippen MR) is 91.0 cm³/mol. The monoisotopic (exact) mass is 310 g/mol. The Balaban J connectivity index is 1.90. The maximum absolute atomic E-state index is 12.5. The van der Waals surface area contributed by atoms with Crippen LogP contribution in [0, 0.1) is 24.7 Å². The molecule has 0 bridgehead atoms. The lowest BCUT2D eigenvalue weighted by molar-refractivity contribution is 0.0978. The van der Waals surface area contributed by atoms with Gasteiger partial charge in [0.15, 0.2) is 11.4 Å². The number of nitrogens with two attached hydrogens (primary N) is 1. The Morgan fingerprint density at radius 3 is 2.96 bits per heavy atom. The first kappa shape index (κ1) is 15.5. The zero-order valence-electron chi connectivity index (χ0n) is 13.7. The van der Waals surface area contributed by atoms with Crippen molar-refractivity contribution in [3.05, 3.63) is 17.5 Å². The third-order valence-electron chi connectivity index (χ3n) is 4.39. The van der Waals surface area contributed by atoms with E-state index in [1.165, 1.54) is 12.8 Å². The predicted octanol–water partition coefficient (Wildman–Crippen LogP) is 3.11. The van der Waals surface area contributed by atoms with E-state index < -0.39 is 0 Å². The molecule has 1 saturated carbocycles. The second-order valence-corrected chi connectivity index (χ2v) is 6.17. The molecule has 120 valence electrons.